The maximum atomic E-state index is 11.8. The molecule has 1 amide bonds. The lowest BCUT2D eigenvalue weighted by Crippen LogP contribution is -2.43. The average molecular weight is 247 g/mol. The minimum atomic E-state index is 0.168. The van der Waals surface area contributed by atoms with Crippen LogP contribution in [0.2, 0.25) is 0 Å². The molecule has 0 bridgehead atoms. The molecular weight excluding hydrogens is 226 g/mol. The number of carbonyl (C=O) groups is 1. The molecule has 0 spiro atoms. The molecule has 1 aromatic heterocycles. The summed E-state index contributed by atoms with van der Waals surface area (Å²) < 4.78 is 0. The Morgan fingerprint density at radius 3 is 2.72 bits per heavy atom. The number of nitrogens with one attached hydrogen (secondary N) is 1. The molecule has 1 fully saturated rings. The van der Waals surface area contributed by atoms with E-state index in [-0.39, 0.29) is 5.91 Å². The highest BCUT2D eigenvalue weighted by molar-refractivity contribution is 5.76. The molecule has 18 heavy (non-hydrogen) atoms. The zero-order valence-corrected chi connectivity index (χ0v) is 10.9. The second-order valence-electron chi connectivity index (χ2n) is 5.00. The predicted octanol–water partition coefficient (Wildman–Crippen LogP) is 1.22. The lowest BCUT2D eigenvalue weighted by atomic mass is 10.0. The van der Waals surface area contributed by atoms with E-state index < -0.39 is 0 Å². The first-order valence-corrected chi connectivity index (χ1v) is 6.61. The summed E-state index contributed by atoms with van der Waals surface area (Å²) >= 11 is 0. The predicted molar refractivity (Wildman–Crippen MR) is 71.2 cm³/mol. The molecule has 0 atom stereocenters. The number of likely N-dealkylation sites (tertiary alicyclic amines) is 1. The Morgan fingerprint density at radius 1 is 1.39 bits per heavy atom. The number of nitrogens with zero attached hydrogens (tertiary/aromatic N) is 2. The summed E-state index contributed by atoms with van der Waals surface area (Å²) in [6.07, 6.45) is 7.03. The minimum absolute atomic E-state index is 0.168. The van der Waals surface area contributed by atoms with Crippen molar-refractivity contribution >= 4 is 5.91 Å². The first kappa shape index (κ1) is 13.0. The fourth-order valence-electron chi connectivity index (χ4n) is 2.26. The van der Waals surface area contributed by atoms with E-state index in [0.29, 0.717) is 12.5 Å². The van der Waals surface area contributed by atoms with Crippen LogP contribution >= 0.6 is 0 Å². The molecule has 98 valence electrons. The van der Waals surface area contributed by atoms with Crippen molar-refractivity contribution in [2.24, 2.45) is 0 Å². The number of aryl methyl sites for hydroxylation is 1. The van der Waals surface area contributed by atoms with Crippen molar-refractivity contribution in [3.8, 4) is 0 Å². The quantitative estimate of drug-likeness (QED) is 0.870. The monoisotopic (exact) mass is 247 g/mol. The molecule has 2 heterocycles. The molecule has 0 aliphatic carbocycles. The van der Waals surface area contributed by atoms with Gasteiger partial charge >= 0.3 is 0 Å². The zero-order valence-electron chi connectivity index (χ0n) is 10.9. The molecule has 1 saturated heterocycles. The lowest BCUT2D eigenvalue weighted by Gasteiger charge is -2.29. The van der Waals surface area contributed by atoms with Crippen molar-refractivity contribution in [2.45, 2.75) is 31.7 Å². The summed E-state index contributed by atoms with van der Waals surface area (Å²) in [4.78, 5) is 18.1. The van der Waals surface area contributed by atoms with Crippen LogP contribution in [0.5, 0.6) is 0 Å². The van der Waals surface area contributed by atoms with Crippen molar-refractivity contribution in [2.75, 3.05) is 20.1 Å². The third-order valence-corrected chi connectivity index (χ3v) is 3.47. The summed E-state index contributed by atoms with van der Waals surface area (Å²) in [6.45, 7) is 2.16. The van der Waals surface area contributed by atoms with Crippen LogP contribution in [0.1, 0.15) is 24.8 Å². The highest BCUT2D eigenvalue weighted by Gasteiger charge is 2.17. The number of carbonyl (C=O) groups excluding carboxylic acids is 1. The Hall–Kier alpha value is -1.42. The summed E-state index contributed by atoms with van der Waals surface area (Å²) in [5.74, 6) is 0.168. The van der Waals surface area contributed by atoms with Crippen LogP contribution in [-0.2, 0) is 11.2 Å². The van der Waals surface area contributed by atoms with Gasteiger partial charge in [-0.2, -0.15) is 0 Å². The van der Waals surface area contributed by atoms with Gasteiger partial charge in [0.2, 0.25) is 5.91 Å². The number of piperidine rings is 1. The Bertz CT molecular complexity index is 372. The Labute approximate surface area is 108 Å². The topological polar surface area (TPSA) is 45.2 Å². The SMILES string of the molecule is CN1CCC(NC(=O)CCc2ccncc2)CC1. The molecule has 0 radical (unpaired) electrons. The Kier molecular flexibility index (Phi) is 4.70. The van der Waals surface area contributed by atoms with Gasteiger partial charge in [0.15, 0.2) is 0 Å². The molecule has 0 unspecified atom stereocenters. The smallest absolute Gasteiger partial charge is 0.220 e. The van der Waals surface area contributed by atoms with Gasteiger partial charge in [0, 0.05) is 24.9 Å². The highest BCUT2D eigenvalue weighted by Crippen LogP contribution is 2.09. The fraction of sp³-hybridized carbons (Fsp3) is 0.571. The number of pyridine rings is 1. The summed E-state index contributed by atoms with van der Waals surface area (Å²) in [5.41, 5.74) is 1.17. The first-order chi connectivity index (χ1) is 8.74. The van der Waals surface area contributed by atoms with Crippen molar-refractivity contribution < 1.29 is 4.79 Å². The largest absolute Gasteiger partial charge is 0.353 e. The van der Waals surface area contributed by atoms with Gasteiger partial charge in [0.05, 0.1) is 0 Å². The van der Waals surface area contributed by atoms with E-state index >= 15 is 0 Å². The van der Waals surface area contributed by atoms with Crippen LogP contribution in [0, 0.1) is 0 Å². The van der Waals surface area contributed by atoms with Crippen LogP contribution in [0.15, 0.2) is 24.5 Å². The standard InChI is InChI=1S/C14H21N3O/c1-17-10-6-13(7-11-17)16-14(18)3-2-12-4-8-15-9-5-12/h4-5,8-9,13H,2-3,6-7,10-11H2,1H3,(H,16,18). The average Bonchev–Trinajstić information content (AvgIpc) is 2.40. The van der Waals surface area contributed by atoms with Crippen LogP contribution in [0.4, 0.5) is 0 Å². The highest BCUT2D eigenvalue weighted by atomic mass is 16.1. The number of hydrogen-bond donors (Lipinski definition) is 1. The van der Waals surface area contributed by atoms with Gasteiger partial charge in [-0.05, 0) is 57.1 Å². The van der Waals surface area contributed by atoms with Gasteiger partial charge in [-0.3, -0.25) is 9.78 Å². The summed E-state index contributed by atoms with van der Waals surface area (Å²) in [5, 5.41) is 3.13. The van der Waals surface area contributed by atoms with Crippen molar-refractivity contribution in [1.82, 2.24) is 15.2 Å². The maximum Gasteiger partial charge on any atom is 0.220 e. The third kappa shape index (κ3) is 4.11. The zero-order chi connectivity index (χ0) is 12.8. The van der Waals surface area contributed by atoms with Gasteiger partial charge in [-0.15, -0.1) is 0 Å². The molecule has 1 N–H and O–H groups in total. The van der Waals surface area contributed by atoms with Crippen LogP contribution < -0.4 is 5.32 Å². The van der Waals surface area contributed by atoms with E-state index in [1.54, 1.807) is 12.4 Å². The van der Waals surface area contributed by atoms with E-state index in [9.17, 15) is 4.79 Å². The number of rotatable bonds is 4. The molecular formula is C14H21N3O. The molecule has 4 nitrogen and oxygen atoms in total. The van der Waals surface area contributed by atoms with Crippen LogP contribution in [-0.4, -0.2) is 42.0 Å². The van der Waals surface area contributed by atoms with E-state index in [1.165, 1.54) is 5.56 Å². The van der Waals surface area contributed by atoms with E-state index in [0.717, 1.165) is 32.4 Å². The molecule has 0 aromatic carbocycles. The molecule has 4 heteroatoms. The van der Waals surface area contributed by atoms with Gasteiger partial charge in [-0.25, -0.2) is 0 Å². The lowest BCUT2D eigenvalue weighted by molar-refractivity contribution is -0.122. The van der Waals surface area contributed by atoms with E-state index in [4.69, 9.17) is 0 Å². The van der Waals surface area contributed by atoms with Crippen LogP contribution in [0.25, 0.3) is 0 Å². The number of hydrogen-bond acceptors (Lipinski definition) is 3. The molecule has 0 saturated carbocycles. The number of amides is 1. The molecule has 1 aliphatic rings. The van der Waals surface area contributed by atoms with Gasteiger partial charge < -0.3 is 10.2 Å². The van der Waals surface area contributed by atoms with Gasteiger partial charge in [0.1, 0.15) is 0 Å². The van der Waals surface area contributed by atoms with E-state index in [2.05, 4.69) is 22.2 Å². The van der Waals surface area contributed by atoms with Gasteiger partial charge in [0.25, 0.3) is 0 Å². The van der Waals surface area contributed by atoms with Crippen molar-refractivity contribution in [3.05, 3.63) is 30.1 Å². The molecule has 2 rings (SSSR count). The minimum Gasteiger partial charge on any atom is -0.353 e. The third-order valence-electron chi connectivity index (χ3n) is 3.47. The number of aromatic nitrogens is 1. The normalized spacial score (nSPS) is 17.6. The first-order valence-electron chi connectivity index (χ1n) is 6.61. The summed E-state index contributed by atoms with van der Waals surface area (Å²) in [7, 11) is 2.13. The van der Waals surface area contributed by atoms with Crippen molar-refractivity contribution in [1.29, 1.82) is 0 Å². The Balaban J connectivity index is 1.69. The van der Waals surface area contributed by atoms with Gasteiger partial charge in [-0.1, -0.05) is 0 Å². The fourth-order valence-corrected chi connectivity index (χ4v) is 2.26. The summed E-state index contributed by atoms with van der Waals surface area (Å²) in [6, 6.07) is 4.29. The van der Waals surface area contributed by atoms with E-state index in [1.807, 2.05) is 12.1 Å². The molecule has 1 aromatic rings. The second-order valence-corrected chi connectivity index (χ2v) is 5.00. The van der Waals surface area contributed by atoms with Crippen LogP contribution in [0.3, 0.4) is 0 Å². The Morgan fingerprint density at radius 2 is 2.06 bits per heavy atom. The van der Waals surface area contributed by atoms with Crippen molar-refractivity contribution in [3.63, 3.8) is 0 Å². The maximum absolute atomic E-state index is 11.8. The second kappa shape index (κ2) is 6.50. The molecule has 1 aliphatic heterocycles.